The SMILES string of the molecule is COc1ccc(C(=O)N2CCc3nncn3CC2)cc1F. The number of hydrogen-bond acceptors (Lipinski definition) is 4. The molecule has 7 heteroatoms. The summed E-state index contributed by atoms with van der Waals surface area (Å²) in [4.78, 5) is 14.2. The second kappa shape index (κ2) is 5.51. The van der Waals surface area contributed by atoms with Crippen LogP contribution in [0.25, 0.3) is 0 Å². The smallest absolute Gasteiger partial charge is 0.254 e. The molecule has 0 aliphatic carbocycles. The van der Waals surface area contributed by atoms with Crippen LogP contribution in [-0.2, 0) is 13.0 Å². The predicted molar refractivity (Wildman–Crippen MR) is 72.6 cm³/mol. The minimum absolute atomic E-state index is 0.133. The van der Waals surface area contributed by atoms with Crippen LogP contribution in [0.1, 0.15) is 16.2 Å². The van der Waals surface area contributed by atoms with Crippen LogP contribution in [0.15, 0.2) is 24.5 Å². The molecule has 3 rings (SSSR count). The number of ether oxygens (including phenoxy) is 1. The Labute approximate surface area is 121 Å². The Hall–Kier alpha value is -2.44. The summed E-state index contributed by atoms with van der Waals surface area (Å²) in [6.07, 6.45) is 2.31. The number of nitrogens with zero attached hydrogens (tertiary/aromatic N) is 4. The van der Waals surface area contributed by atoms with Crippen molar-refractivity contribution in [1.29, 1.82) is 0 Å². The molecular weight excluding hydrogens is 275 g/mol. The molecule has 0 saturated carbocycles. The van der Waals surface area contributed by atoms with Crippen molar-refractivity contribution in [2.75, 3.05) is 20.2 Å². The van der Waals surface area contributed by atoms with Gasteiger partial charge in [0.15, 0.2) is 11.6 Å². The molecule has 2 heterocycles. The molecule has 1 aliphatic rings. The fourth-order valence-electron chi connectivity index (χ4n) is 2.42. The van der Waals surface area contributed by atoms with Gasteiger partial charge in [0.2, 0.25) is 0 Å². The highest BCUT2D eigenvalue weighted by Gasteiger charge is 2.21. The van der Waals surface area contributed by atoms with Gasteiger partial charge < -0.3 is 14.2 Å². The van der Waals surface area contributed by atoms with Gasteiger partial charge in [-0.2, -0.15) is 0 Å². The first-order valence-electron chi connectivity index (χ1n) is 6.68. The van der Waals surface area contributed by atoms with Crippen LogP contribution >= 0.6 is 0 Å². The van der Waals surface area contributed by atoms with Crippen molar-refractivity contribution in [3.05, 3.63) is 41.7 Å². The van der Waals surface area contributed by atoms with Gasteiger partial charge in [0.05, 0.1) is 7.11 Å². The number of halogens is 1. The van der Waals surface area contributed by atoms with E-state index < -0.39 is 5.82 Å². The summed E-state index contributed by atoms with van der Waals surface area (Å²) in [6.45, 7) is 1.75. The fraction of sp³-hybridized carbons (Fsp3) is 0.357. The number of fused-ring (bicyclic) bond motifs is 1. The summed E-state index contributed by atoms with van der Waals surface area (Å²) in [5.74, 6) is 0.283. The highest BCUT2D eigenvalue weighted by molar-refractivity contribution is 5.94. The first kappa shape index (κ1) is 13.5. The molecule has 2 aromatic rings. The molecule has 1 aromatic heterocycles. The van der Waals surface area contributed by atoms with Gasteiger partial charge in [0.1, 0.15) is 12.2 Å². The molecule has 110 valence electrons. The lowest BCUT2D eigenvalue weighted by Crippen LogP contribution is -2.33. The van der Waals surface area contributed by atoms with E-state index in [2.05, 4.69) is 10.2 Å². The molecule has 0 fully saturated rings. The first-order chi connectivity index (χ1) is 10.2. The number of aromatic nitrogens is 3. The molecule has 0 bridgehead atoms. The van der Waals surface area contributed by atoms with Crippen LogP contribution < -0.4 is 4.74 Å². The Balaban J connectivity index is 1.76. The van der Waals surface area contributed by atoms with Gasteiger partial charge in [0.25, 0.3) is 5.91 Å². The molecule has 0 radical (unpaired) electrons. The summed E-state index contributed by atoms with van der Waals surface area (Å²) in [7, 11) is 1.39. The van der Waals surface area contributed by atoms with Gasteiger partial charge in [-0.3, -0.25) is 4.79 Å². The first-order valence-corrected chi connectivity index (χ1v) is 6.68. The third kappa shape index (κ3) is 2.58. The summed E-state index contributed by atoms with van der Waals surface area (Å²) >= 11 is 0. The normalized spacial score (nSPS) is 14.5. The molecule has 21 heavy (non-hydrogen) atoms. The quantitative estimate of drug-likeness (QED) is 0.831. The third-order valence-corrected chi connectivity index (χ3v) is 3.60. The number of benzene rings is 1. The second-order valence-electron chi connectivity index (χ2n) is 4.83. The average Bonchev–Trinajstić information content (AvgIpc) is 2.85. The minimum Gasteiger partial charge on any atom is -0.494 e. The molecule has 0 saturated heterocycles. The highest BCUT2D eigenvalue weighted by Crippen LogP contribution is 2.19. The molecule has 1 aromatic carbocycles. The third-order valence-electron chi connectivity index (χ3n) is 3.60. The zero-order valence-corrected chi connectivity index (χ0v) is 11.6. The zero-order chi connectivity index (χ0) is 14.8. The van der Waals surface area contributed by atoms with Crippen molar-refractivity contribution in [1.82, 2.24) is 19.7 Å². The largest absolute Gasteiger partial charge is 0.494 e. The van der Waals surface area contributed by atoms with Gasteiger partial charge in [-0.1, -0.05) is 0 Å². The topological polar surface area (TPSA) is 60.2 Å². The Bertz CT molecular complexity index is 648. The van der Waals surface area contributed by atoms with Crippen molar-refractivity contribution in [3.63, 3.8) is 0 Å². The molecule has 0 unspecified atom stereocenters. The Morgan fingerprint density at radius 3 is 2.95 bits per heavy atom. The van der Waals surface area contributed by atoms with Crippen molar-refractivity contribution in [2.24, 2.45) is 0 Å². The number of methoxy groups -OCH3 is 1. The Kier molecular flexibility index (Phi) is 3.55. The number of amides is 1. The van der Waals surface area contributed by atoms with Gasteiger partial charge in [-0.15, -0.1) is 10.2 Å². The number of carbonyl (C=O) groups is 1. The summed E-state index contributed by atoms with van der Waals surface area (Å²) in [6, 6.07) is 4.26. The van der Waals surface area contributed by atoms with Crippen molar-refractivity contribution in [3.8, 4) is 5.75 Å². The maximum absolute atomic E-state index is 13.7. The maximum Gasteiger partial charge on any atom is 0.254 e. The minimum atomic E-state index is -0.532. The standard InChI is InChI=1S/C14H15FN4O2/c1-21-12-3-2-10(8-11(12)15)14(20)18-5-4-13-17-16-9-19(13)7-6-18/h2-3,8-9H,4-7H2,1H3. The van der Waals surface area contributed by atoms with Crippen LogP contribution in [0.3, 0.4) is 0 Å². The molecule has 0 atom stereocenters. The van der Waals surface area contributed by atoms with Gasteiger partial charge in [-0.25, -0.2) is 4.39 Å². The van der Waals surface area contributed by atoms with Crippen LogP contribution in [0.2, 0.25) is 0 Å². The molecular formula is C14H15FN4O2. The lowest BCUT2D eigenvalue weighted by molar-refractivity contribution is 0.0758. The maximum atomic E-state index is 13.7. The fourth-order valence-corrected chi connectivity index (χ4v) is 2.42. The van der Waals surface area contributed by atoms with Crippen LogP contribution in [-0.4, -0.2) is 45.8 Å². The van der Waals surface area contributed by atoms with E-state index in [9.17, 15) is 9.18 Å². The molecule has 6 nitrogen and oxygen atoms in total. The lowest BCUT2D eigenvalue weighted by Gasteiger charge is -2.20. The predicted octanol–water partition coefficient (Wildman–Crippen LogP) is 1.12. The highest BCUT2D eigenvalue weighted by atomic mass is 19.1. The van der Waals surface area contributed by atoms with Gasteiger partial charge in [0, 0.05) is 31.6 Å². The van der Waals surface area contributed by atoms with E-state index in [1.165, 1.54) is 19.2 Å². The Morgan fingerprint density at radius 1 is 1.33 bits per heavy atom. The Morgan fingerprint density at radius 2 is 2.19 bits per heavy atom. The van der Waals surface area contributed by atoms with Crippen molar-refractivity contribution in [2.45, 2.75) is 13.0 Å². The average molecular weight is 290 g/mol. The number of hydrogen-bond donors (Lipinski definition) is 0. The van der Waals surface area contributed by atoms with Crippen LogP contribution in [0, 0.1) is 5.82 Å². The molecule has 1 amide bonds. The summed E-state index contributed by atoms with van der Waals surface area (Å²) in [5.41, 5.74) is 0.325. The van der Waals surface area contributed by atoms with Crippen LogP contribution in [0.5, 0.6) is 5.75 Å². The van der Waals surface area contributed by atoms with Crippen molar-refractivity contribution < 1.29 is 13.9 Å². The summed E-state index contributed by atoms with van der Waals surface area (Å²) in [5, 5.41) is 7.87. The number of carbonyl (C=O) groups excluding carboxylic acids is 1. The van der Waals surface area contributed by atoms with E-state index in [1.54, 1.807) is 17.3 Å². The second-order valence-corrected chi connectivity index (χ2v) is 4.83. The van der Waals surface area contributed by atoms with E-state index in [-0.39, 0.29) is 11.7 Å². The zero-order valence-electron chi connectivity index (χ0n) is 11.6. The molecule has 1 aliphatic heterocycles. The van der Waals surface area contributed by atoms with Crippen LogP contribution in [0.4, 0.5) is 4.39 Å². The monoisotopic (exact) mass is 290 g/mol. The van der Waals surface area contributed by atoms with Gasteiger partial charge >= 0.3 is 0 Å². The van der Waals surface area contributed by atoms with E-state index in [0.717, 1.165) is 5.82 Å². The van der Waals surface area contributed by atoms with E-state index in [1.807, 2.05) is 4.57 Å². The molecule has 0 N–H and O–H groups in total. The number of rotatable bonds is 2. The van der Waals surface area contributed by atoms with E-state index >= 15 is 0 Å². The van der Waals surface area contributed by atoms with Crippen molar-refractivity contribution >= 4 is 5.91 Å². The summed E-state index contributed by atoms with van der Waals surface area (Å²) < 4.78 is 20.5. The van der Waals surface area contributed by atoms with E-state index in [4.69, 9.17) is 4.74 Å². The van der Waals surface area contributed by atoms with Gasteiger partial charge in [-0.05, 0) is 18.2 Å². The van der Waals surface area contributed by atoms with E-state index in [0.29, 0.717) is 31.6 Å². The lowest BCUT2D eigenvalue weighted by atomic mass is 10.1. The molecule has 0 spiro atoms.